The van der Waals surface area contributed by atoms with E-state index in [0.29, 0.717) is 6.42 Å². The van der Waals surface area contributed by atoms with Crippen LogP contribution < -0.4 is 5.73 Å². The number of unbranched alkanes of at least 4 members (excludes halogenated alkanes) is 3. The first-order chi connectivity index (χ1) is 14.8. The number of amidine groups is 1. The smallest absolute Gasteiger partial charge is 0.261 e. The van der Waals surface area contributed by atoms with Gasteiger partial charge < -0.3 is 20.7 Å². The number of fused-ring (bicyclic) bond motifs is 1. The topological polar surface area (TPSA) is 94.3 Å². The molecule has 0 aliphatic carbocycles. The maximum atomic E-state index is 11.3. The van der Waals surface area contributed by atoms with E-state index in [4.69, 9.17) is 22.1 Å². The molecule has 176 valence electrons. The van der Waals surface area contributed by atoms with E-state index in [9.17, 15) is 10.2 Å². The van der Waals surface area contributed by atoms with Crippen molar-refractivity contribution in [3.05, 3.63) is 0 Å². The van der Waals surface area contributed by atoms with Crippen molar-refractivity contribution in [1.29, 1.82) is 0 Å². The Bertz CT molecular complexity index is 706. The van der Waals surface area contributed by atoms with Crippen molar-refractivity contribution in [2.75, 3.05) is 13.1 Å². The van der Waals surface area contributed by atoms with E-state index in [0.717, 1.165) is 44.6 Å². The molecule has 4 N–H and O–H groups in total. The van der Waals surface area contributed by atoms with Gasteiger partial charge in [0.05, 0.1) is 29.8 Å². The first-order valence-corrected chi connectivity index (χ1v) is 13.2. The summed E-state index contributed by atoms with van der Waals surface area (Å²) in [5.74, 6) is 1.27. The molecule has 0 spiro atoms. The van der Waals surface area contributed by atoms with Gasteiger partial charge in [0, 0.05) is 18.1 Å². The van der Waals surface area contributed by atoms with Crippen LogP contribution in [0.25, 0.3) is 0 Å². The highest BCUT2D eigenvalue weighted by molar-refractivity contribution is 8.02. The molecule has 2 fully saturated rings. The summed E-state index contributed by atoms with van der Waals surface area (Å²) in [6, 6.07) is 0. The number of alkyl halides is 1. The lowest BCUT2D eigenvalue weighted by molar-refractivity contribution is -0.615. The number of aliphatic hydroxyl groups is 2. The van der Waals surface area contributed by atoms with Crippen molar-refractivity contribution in [2.24, 2.45) is 16.6 Å². The number of ether oxygens (including phenoxy) is 1. The highest BCUT2D eigenvalue weighted by Crippen LogP contribution is 2.45. The van der Waals surface area contributed by atoms with Crippen LogP contribution in [-0.4, -0.2) is 85.1 Å². The van der Waals surface area contributed by atoms with Crippen molar-refractivity contribution in [2.45, 2.75) is 105 Å². The fraction of sp³-hybridized carbons (Fsp3) is 0.909. The average Bonchev–Trinajstić information content (AvgIpc) is 3.45. The van der Waals surface area contributed by atoms with E-state index in [1.54, 1.807) is 11.8 Å². The molecular weight excluding hydrogens is 436 g/mol. The van der Waals surface area contributed by atoms with Gasteiger partial charge in [0.1, 0.15) is 17.9 Å². The Morgan fingerprint density at radius 1 is 1.35 bits per heavy atom. The summed E-state index contributed by atoms with van der Waals surface area (Å²) in [6.45, 7) is 5.73. The van der Waals surface area contributed by atoms with E-state index in [-0.39, 0.29) is 22.0 Å². The molecule has 4 aliphatic heterocycles. The van der Waals surface area contributed by atoms with Gasteiger partial charge in [0.15, 0.2) is 6.34 Å². The van der Waals surface area contributed by atoms with Crippen molar-refractivity contribution < 1.29 is 19.5 Å². The summed E-state index contributed by atoms with van der Waals surface area (Å²) >= 11 is 7.89. The normalized spacial score (nSPS) is 39.9. The summed E-state index contributed by atoms with van der Waals surface area (Å²) in [6.07, 6.45) is 7.89. The molecular formula is C22H38ClN4O3S+. The number of nitrogens with zero attached hydrogens (tertiary/aromatic N) is 3. The molecule has 0 aromatic heterocycles. The minimum Gasteiger partial charge on any atom is -0.386 e. The Balaban J connectivity index is 1.51. The molecule has 2 saturated heterocycles. The van der Waals surface area contributed by atoms with E-state index in [1.165, 1.54) is 19.3 Å². The molecule has 31 heavy (non-hydrogen) atoms. The molecule has 0 bridgehead atoms. The van der Waals surface area contributed by atoms with Crippen LogP contribution in [0.5, 0.6) is 0 Å². The van der Waals surface area contributed by atoms with Crippen LogP contribution in [0, 0.1) is 5.92 Å². The van der Waals surface area contributed by atoms with Crippen molar-refractivity contribution >= 4 is 35.5 Å². The second kappa shape index (κ2) is 9.85. The Kier molecular flexibility index (Phi) is 7.55. The molecule has 4 rings (SSSR count). The fourth-order valence-electron chi connectivity index (χ4n) is 5.44. The lowest BCUT2D eigenvalue weighted by Gasteiger charge is -2.34. The maximum Gasteiger partial charge on any atom is 0.261 e. The minimum absolute atomic E-state index is 0.0234. The maximum absolute atomic E-state index is 11.3. The molecule has 4 aliphatic rings. The standard InChI is InChI=1S/C22H38ClN4O3S/c1-3-4-5-6-10-26-13-25-19(24)14-9-11-27(20(14)26)21-15(28)12-16(30-21)22(2,29)17-7-8-18(23)31-17/h13-19,21,28-29H,3-12,24H2,1-2H3/q+1/t14?,15-,16+,17?,18?,19?,21-,22+/m1/s1. The lowest BCUT2D eigenvalue weighted by atomic mass is 9.90. The summed E-state index contributed by atoms with van der Waals surface area (Å²) in [4.78, 5) is 6.73. The molecule has 0 aromatic rings. The molecule has 9 heteroatoms. The van der Waals surface area contributed by atoms with Crippen LogP contribution in [0.1, 0.15) is 65.2 Å². The quantitative estimate of drug-likeness (QED) is 0.284. The zero-order valence-corrected chi connectivity index (χ0v) is 20.3. The summed E-state index contributed by atoms with van der Waals surface area (Å²) in [5.41, 5.74) is 5.29. The third-order valence-electron chi connectivity index (χ3n) is 7.31. The highest BCUT2D eigenvalue weighted by atomic mass is 35.5. The van der Waals surface area contributed by atoms with E-state index >= 15 is 0 Å². The predicted molar refractivity (Wildman–Crippen MR) is 126 cm³/mol. The second-order valence-electron chi connectivity index (χ2n) is 9.61. The molecule has 8 atom stereocenters. The Morgan fingerprint density at radius 3 is 2.87 bits per heavy atom. The van der Waals surface area contributed by atoms with Gasteiger partial charge in [0.25, 0.3) is 5.84 Å². The number of nitrogens with two attached hydrogens (primary N) is 1. The van der Waals surface area contributed by atoms with E-state index in [1.807, 2.05) is 13.3 Å². The lowest BCUT2D eigenvalue weighted by Crippen LogP contribution is -2.51. The summed E-state index contributed by atoms with van der Waals surface area (Å²) < 4.78 is 8.60. The number of rotatable bonds is 8. The highest BCUT2D eigenvalue weighted by Gasteiger charge is 2.54. The third kappa shape index (κ3) is 4.80. The van der Waals surface area contributed by atoms with Crippen molar-refractivity contribution in [1.82, 2.24) is 4.90 Å². The van der Waals surface area contributed by atoms with Gasteiger partial charge in [-0.05, 0) is 32.6 Å². The van der Waals surface area contributed by atoms with E-state index < -0.39 is 24.0 Å². The molecule has 0 aromatic carbocycles. The fourth-order valence-corrected chi connectivity index (χ4v) is 7.26. The summed E-state index contributed by atoms with van der Waals surface area (Å²) in [5, 5.41) is 22.3. The zero-order valence-electron chi connectivity index (χ0n) is 18.7. The number of thioether (sulfide) groups is 1. The van der Waals surface area contributed by atoms with Crippen LogP contribution in [0.3, 0.4) is 0 Å². The second-order valence-corrected chi connectivity index (χ2v) is 11.8. The first kappa shape index (κ1) is 23.8. The third-order valence-corrected chi connectivity index (χ3v) is 9.41. The van der Waals surface area contributed by atoms with Gasteiger partial charge in [-0.15, -0.1) is 23.4 Å². The Labute approximate surface area is 195 Å². The molecule has 4 unspecified atom stereocenters. The van der Waals surface area contributed by atoms with Gasteiger partial charge in [0.2, 0.25) is 6.23 Å². The predicted octanol–water partition coefficient (Wildman–Crippen LogP) is 2.31. The number of aliphatic imine (C=N–C) groups is 1. The molecule has 0 radical (unpaired) electrons. The van der Waals surface area contributed by atoms with Crippen LogP contribution in [0.15, 0.2) is 4.99 Å². The van der Waals surface area contributed by atoms with Gasteiger partial charge in [-0.1, -0.05) is 19.8 Å². The number of aliphatic hydroxyl groups excluding tert-OH is 1. The van der Waals surface area contributed by atoms with E-state index in [2.05, 4.69) is 21.4 Å². The van der Waals surface area contributed by atoms with Gasteiger partial charge in [-0.2, -0.15) is 0 Å². The summed E-state index contributed by atoms with van der Waals surface area (Å²) in [7, 11) is 0. The van der Waals surface area contributed by atoms with Crippen LogP contribution in [-0.2, 0) is 4.74 Å². The number of halogens is 1. The van der Waals surface area contributed by atoms with Crippen LogP contribution in [0.2, 0.25) is 0 Å². The van der Waals surface area contributed by atoms with Gasteiger partial charge in [-0.25, -0.2) is 14.5 Å². The van der Waals surface area contributed by atoms with Gasteiger partial charge in [-0.3, -0.25) is 0 Å². The number of hydrogen-bond acceptors (Lipinski definition) is 7. The van der Waals surface area contributed by atoms with Crippen LogP contribution >= 0.6 is 23.4 Å². The molecule has 7 nitrogen and oxygen atoms in total. The molecule has 4 heterocycles. The monoisotopic (exact) mass is 473 g/mol. The SMILES string of the molecule is CCCCCCN1C=NC(N)C2CC[N+]([C@@H]3O[C@H]([C@](C)(O)C4CCC(Cl)S4)C[C@H]3O)=C21. The van der Waals surface area contributed by atoms with Crippen molar-refractivity contribution in [3.63, 3.8) is 0 Å². The van der Waals surface area contributed by atoms with Crippen LogP contribution in [0.4, 0.5) is 0 Å². The Hall–Kier alpha value is -0.380. The van der Waals surface area contributed by atoms with Gasteiger partial charge >= 0.3 is 0 Å². The first-order valence-electron chi connectivity index (χ1n) is 11.9. The Morgan fingerprint density at radius 2 is 2.16 bits per heavy atom. The number of hydrogen-bond donors (Lipinski definition) is 3. The largest absolute Gasteiger partial charge is 0.386 e. The molecule has 0 amide bonds. The molecule has 0 saturated carbocycles. The minimum atomic E-state index is -1.03. The average molecular weight is 474 g/mol. The van der Waals surface area contributed by atoms with Crippen molar-refractivity contribution in [3.8, 4) is 0 Å². The zero-order chi connectivity index (χ0) is 22.2.